The Morgan fingerprint density at radius 2 is 1.12 bits per heavy atom. The number of hydrogen-bond acceptors (Lipinski definition) is 5. The molecule has 2 aromatic heterocycles. The molecule has 5 aliphatic heterocycles. The van der Waals surface area contributed by atoms with Crippen LogP contribution in [0.3, 0.4) is 0 Å². The van der Waals surface area contributed by atoms with Crippen molar-refractivity contribution in [2.75, 3.05) is 9.80 Å². The molecule has 10 aromatic rings. The first-order valence-corrected chi connectivity index (χ1v) is 24.6. The average molecular weight is 1140 g/mol. The Morgan fingerprint density at radius 1 is 0.534 bits per heavy atom. The topological polar surface area (TPSA) is 42.8 Å². The van der Waals surface area contributed by atoms with Crippen LogP contribution in [0.5, 0.6) is 23.0 Å². The van der Waals surface area contributed by atoms with Crippen LogP contribution in [0, 0.1) is 18.8 Å². The second-order valence-corrected chi connectivity index (χ2v) is 22.0. The van der Waals surface area contributed by atoms with E-state index in [9.17, 15) is 1.37 Å². The number of aromatic nitrogens is 2. The molecular formula is C66H57N4O2Pt-3. The van der Waals surface area contributed by atoms with E-state index in [0.717, 1.165) is 61.7 Å². The van der Waals surface area contributed by atoms with Crippen LogP contribution < -0.4 is 19.3 Å². The smallest absolute Gasteiger partial charge is 0.135 e. The first-order chi connectivity index (χ1) is 36.2. The molecule has 8 aromatic carbocycles. The Labute approximate surface area is 449 Å². The molecule has 7 heteroatoms. The molecule has 366 valence electrons. The second kappa shape index (κ2) is 18.0. The predicted molar refractivity (Wildman–Crippen MR) is 297 cm³/mol. The molecule has 0 radical (unpaired) electrons. The van der Waals surface area contributed by atoms with Crippen LogP contribution in [0.15, 0.2) is 176 Å². The van der Waals surface area contributed by atoms with Gasteiger partial charge < -0.3 is 23.8 Å². The maximum atomic E-state index is 9.27. The molecule has 15 rings (SSSR count). The van der Waals surface area contributed by atoms with Crippen LogP contribution in [0.4, 0.5) is 22.7 Å². The molecule has 12 bridgehead atoms. The fourth-order valence-electron chi connectivity index (χ4n) is 10.0. The van der Waals surface area contributed by atoms with Gasteiger partial charge in [-0.15, -0.1) is 48.1 Å². The third kappa shape index (κ3) is 8.70. The van der Waals surface area contributed by atoms with E-state index in [-0.39, 0.29) is 61.5 Å². The molecule has 7 heterocycles. The number of rotatable bonds is 1. The fourth-order valence-corrected chi connectivity index (χ4v) is 10.0. The van der Waals surface area contributed by atoms with Crippen molar-refractivity contribution < 1.29 is 36.0 Å². The Hall–Kier alpha value is -7.40. The van der Waals surface area contributed by atoms with Gasteiger partial charge in [0.1, 0.15) is 17.3 Å². The molecular weight excluding hydrogens is 1080 g/mol. The number of fused-ring (bicyclic) bond motifs is 6. The first kappa shape index (κ1) is 43.2. The van der Waals surface area contributed by atoms with Gasteiger partial charge >= 0.3 is 0 Å². The van der Waals surface area contributed by atoms with Gasteiger partial charge in [-0.25, -0.2) is 4.98 Å². The standard InChI is InChI=1S/C66H57N4O2.Pt/c1-64(2,3)45-27-21-42(22-28-45)54-35-46(65(4,5)6)36-55-43-23-29-48(30-24-43)71-49-31-25-44(26-32-49)56-40-67-62(39-57(56)66(7,8)9)70-58-18-11-10-17-52(58)53-34-33-51(38-61(53)70)72-50-16-14-15-47(37-50)68-41-69(63(54)55)60-20-13-12-19-59(60)68;/h10-36,39-41H,1-9H3;/q-3;/i10D,11D,17D,18D;. The van der Waals surface area contributed by atoms with Crippen LogP contribution in [0.25, 0.3) is 61.0 Å². The van der Waals surface area contributed by atoms with Crippen LogP contribution in [0.2, 0.25) is 0 Å². The normalized spacial score (nSPS) is 14.0. The SMILES string of the molecule is [2H]c1c([2H])c([2H])c2c(c1[2H])c1ccc3[c-]c1n2-c1cc(C(C)(C)C)c(cn1)-c1ccc(cc1)Oc1ccc(cc1)-c1cc(C(C)(C)C)cc(-c2ccc(C(C)(C)C)cc2)c1N1[CH-]N(c2[c-]c(ccc2)O3)c2ccccc21.[Pt]. The molecule has 0 saturated carbocycles. The van der Waals surface area contributed by atoms with E-state index in [4.69, 9.17) is 18.6 Å². The van der Waals surface area contributed by atoms with Crippen LogP contribution >= 0.6 is 0 Å². The summed E-state index contributed by atoms with van der Waals surface area (Å²) in [6, 6.07) is 56.2. The van der Waals surface area contributed by atoms with Crippen molar-refractivity contribution in [3.8, 4) is 62.2 Å². The Morgan fingerprint density at radius 3 is 1.75 bits per heavy atom. The Balaban J connectivity index is 0.00000631. The molecule has 5 aliphatic rings. The molecule has 73 heavy (non-hydrogen) atoms. The minimum atomic E-state index is -0.363. The second-order valence-electron chi connectivity index (χ2n) is 22.0. The summed E-state index contributed by atoms with van der Waals surface area (Å²) in [6.07, 6.45) is 1.85. The molecule has 0 amide bonds. The van der Waals surface area contributed by atoms with E-state index >= 15 is 0 Å². The molecule has 0 aliphatic carbocycles. The number of nitrogens with zero attached hydrogens (tertiary/aromatic N) is 4. The van der Waals surface area contributed by atoms with E-state index in [0.29, 0.717) is 50.6 Å². The van der Waals surface area contributed by atoms with E-state index in [1.807, 2.05) is 72.9 Å². The summed E-state index contributed by atoms with van der Waals surface area (Å²) in [6.45, 7) is 22.1. The molecule has 0 N–H and O–H groups in total. The third-order valence-corrected chi connectivity index (χ3v) is 13.9. The molecule has 0 spiro atoms. The van der Waals surface area contributed by atoms with E-state index in [1.54, 1.807) is 10.6 Å². The van der Waals surface area contributed by atoms with Crippen molar-refractivity contribution in [3.63, 3.8) is 0 Å². The van der Waals surface area contributed by atoms with Gasteiger partial charge in [0.05, 0.1) is 5.48 Å². The maximum Gasteiger partial charge on any atom is 0.135 e. The summed E-state index contributed by atoms with van der Waals surface area (Å²) in [7, 11) is 0. The van der Waals surface area contributed by atoms with Gasteiger partial charge in [-0.3, -0.25) is 0 Å². The molecule has 6 nitrogen and oxygen atoms in total. The van der Waals surface area contributed by atoms with E-state index in [2.05, 4.69) is 164 Å². The molecule has 0 fully saturated rings. The first-order valence-electron chi connectivity index (χ1n) is 26.6. The summed E-state index contributed by atoms with van der Waals surface area (Å²) in [5.41, 5.74) is 13.7. The van der Waals surface area contributed by atoms with Gasteiger partial charge in [0, 0.05) is 78.0 Å². The van der Waals surface area contributed by atoms with Gasteiger partial charge in [0.15, 0.2) is 0 Å². The van der Waals surface area contributed by atoms with Crippen LogP contribution in [-0.2, 0) is 37.3 Å². The largest absolute Gasteiger partial charge is 0.509 e. The number of pyridine rings is 1. The third-order valence-electron chi connectivity index (χ3n) is 13.9. The van der Waals surface area contributed by atoms with Crippen molar-refractivity contribution in [1.82, 2.24) is 9.55 Å². The van der Waals surface area contributed by atoms with Crippen molar-refractivity contribution in [1.29, 1.82) is 0 Å². The summed E-state index contributed by atoms with van der Waals surface area (Å²) in [4.78, 5) is 9.52. The molecule has 0 saturated heterocycles. The Bertz CT molecular complexity index is 3960. The number of benzene rings is 8. The zero-order valence-corrected chi connectivity index (χ0v) is 44.7. The summed E-state index contributed by atoms with van der Waals surface area (Å²) >= 11 is 0. The predicted octanol–water partition coefficient (Wildman–Crippen LogP) is 18.0. The quantitative estimate of drug-likeness (QED) is 0.153. The summed E-state index contributed by atoms with van der Waals surface area (Å²) in [5, 5.41) is 0.972. The molecule has 0 unspecified atom stereocenters. The van der Waals surface area contributed by atoms with E-state index < -0.39 is 0 Å². The van der Waals surface area contributed by atoms with Gasteiger partial charge in [0.2, 0.25) is 0 Å². The fraction of sp³-hybridized carbons (Fsp3) is 0.182. The number of hydrogen-bond donors (Lipinski definition) is 0. The van der Waals surface area contributed by atoms with Crippen LogP contribution in [-0.4, -0.2) is 9.55 Å². The number of anilines is 4. The minimum absolute atomic E-state index is 0. The van der Waals surface area contributed by atoms with Gasteiger partial charge in [-0.2, -0.15) is 12.1 Å². The minimum Gasteiger partial charge on any atom is -0.509 e. The molecule has 0 atom stereocenters. The Kier molecular flexibility index (Phi) is 10.6. The monoisotopic (exact) mass is 1140 g/mol. The zero-order valence-electron chi connectivity index (χ0n) is 46.4. The maximum absolute atomic E-state index is 9.27. The summed E-state index contributed by atoms with van der Waals surface area (Å²) < 4.78 is 51.0. The zero-order chi connectivity index (χ0) is 53.2. The van der Waals surface area contributed by atoms with Gasteiger partial charge in [-0.1, -0.05) is 147 Å². The van der Waals surface area contributed by atoms with E-state index in [1.165, 1.54) is 11.1 Å². The van der Waals surface area contributed by atoms with Crippen molar-refractivity contribution in [3.05, 3.63) is 211 Å². The van der Waals surface area contributed by atoms with Crippen molar-refractivity contribution >= 4 is 44.6 Å². The summed E-state index contributed by atoms with van der Waals surface area (Å²) in [5.74, 6) is 2.71. The number of ether oxygens (including phenoxy) is 2. The van der Waals surface area contributed by atoms with Gasteiger partial charge in [-0.05, 0) is 116 Å². The van der Waals surface area contributed by atoms with Crippen LogP contribution in [0.1, 0.15) is 84.5 Å². The average Bonchev–Trinajstić information content (AvgIpc) is 4.03. The van der Waals surface area contributed by atoms with Crippen molar-refractivity contribution in [2.24, 2.45) is 0 Å². The van der Waals surface area contributed by atoms with Gasteiger partial charge in [0.25, 0.3) is 0 Å². The number of para-hydroxylation sites is 3. The van der Waals surface area contributed by atoms with Crippen molar-refractivity contribution in [2.45, 2.75) is 78.6 Å².